The number of ether oxygens (including phenoxy) is 1. The number of amidine groups is 1. The average Bonchev–Trinajstić information content (AvgIpc) is 2.47. The standard InChI is InChI=1S/C12H19N5O2/c1-2-19-9-4-3-5-17(8-9)11-7-14-10(6-15-11)12(13)16-18/h6-7,9,18H,2-5,8H2,1H3,(H2,13,16). The first-order valence-electron chi connectivity index (χ1n) is 6.41. The molecule has 2 rings (SSSR count). The van der Waals surface area contributed by atoms with Gasteiger partial charge in [0.15, 0.2) is 5.84 Å². The summed E-state index contributed by atoms with van der Waals surface area (Å²) in [6, 6.07) is 0. The van der Waals surface area contributed by atoms with E-state index >= 15 is 0 Å². The molecule has 1 aliphatic rings. The minimum atomic E-state index is -0.0371. The molecule has 0 amide bonds. The molecule has 7 nitrogen and oxygen atoms in total. The van der Waals surface area contributed by atoms with Crippen LogP contribution in [0.3, 0.4) is 0 Å². The van der Waals surface area contributed by atoms with Crippen molar-refractivity contribution >= 4 is 11.7 Å². The summed E-state index contributed by atoms with van der Waals surface area (Å²) in [5, 5.41) is 11.5. The van der Waals surface area contributed by atoms with Crippen molar-refractivity contribution in [2.45, 2.75) is 25.9 Å². The highest BCUT2D eigenvalue weighted by atomic mass is 16.5. The Kier molecular flexibility index (Phi) is 4.51. The van der Waals surface area contributed by atoms with Gasteiger partial charge in [-0.15, -0.1) is 0 Å². The second kappa shape index (κ2) is 6.33. The molecule has 104 valence electrons. The van der Waals surface area contributed by atoms with Crippen LogP contribution in [0.4, 0.5) is 5.82 Å². The van der Waals surface area contributed by atoms with Crippen molar-refractivity contribution in [2.24, 2.45) is 10.9 Å². The molecule has 2 heterocycles. The molecule has 1 atom stereocenters. The fraction of sp³-hybridized carbons (Fsp3) is 0.583. The number of rotatable bonds is 4. The summed E-state index contributed by atoms with van der Waals surface area (Å²) in [4.78, 5) is 10.6. The predicted molar refractivity (Wildman–Crippen MR) is 71.4 cm³/mol. The molecule has 19 heavy (non-hydrogen) atoms. The molecular weight excluding hydrogens is 246 g/mol. The number of oxime groups is 1. The van der Waals surface area contributed by atoms with Crippen molar-refractivity contribution in [1.82, 2.24) is 9.97 Å². The second-order valence-electron chi connectivity index (χ2n) is 4.41. The summed E-state index contributed by atoms with van der Waals surface area (Å²) in [5.74, 6) is 0.753. The van der Waals surface area contributed by atoms with Gasteiger partial charge in [-0.2, -0.15) is 0 Å². The predicted octanol–water partition coefficient (Wildman–Crippen LogP) is 0.576. The van der Waals surface area contributed by atoms with Crippen LogP contribution < -0.4 is 10.6 Å². The third-order valence-corrected chi connectivity index (χ3v) is 3.11. The van der Waals surface area contributed by atoms with E-state index in [4.69, 9.17) is 15.7 Å². The summed E-state index contributed by atoms with van der Waals surface area (Å²) in [5.41, 5.74) is 5.81. The number of anilines is 1. The van der Waals surface area contributed by atoms with Crippen molar-refractivity contribution < 1.29 is 9.94 Å². The molecule has 0 aromatic carbocycles. The SMILES string of the molecule is CCOC1CCCN(c2cnc(C(N)=NO)cn2)C1. The first-order valence-corrected chi connectivity index (χ1v) is 6.41. The quantitative estimate of drug-likeness (QED) is 0.358. The maximum absolute atomic E-state index is 8.57. The lowest BCUT2D eigenvalue weighted by atomic mass is 10.1. The molecule has 1 aliphatic heterocycles. The van der Waals surface area contributed by atoms with Crippen molar-refractivity contribution in [3.05, 3.63) is 18.1 Å². The van der Waals surface area contributed by atoms with E-state index in [2.05, 4.69) is 20.0 Å². The maximum Gasteiger partial charge on any atom is 0.190 e. The Morgan fingerprint density at radius 3 is 3.05 bits per heavy atom. The van der Waals surface area contributed by atoms with Gasteiger partial charge < -0.3 is 20.6 Å². The number of piperidine rings is 1. The van der Waals surface area contributed by atoms with E-state index in [-0.39, 0.29) is 11.9 Å². The van der Waals surface area contributed by atoms with Gasteiger partial charge in [0, 0.05) is 19.7 Å². The summed E-state index contributed by atoms with van der Waals surface area (Å²) in [6.07, 6.45) is 5.56. The van der Waals surface area contributed by atoms with Gasteiger partial charge in [-0.3, -0.25) is 0 Å². The van der Waals surface area contributed by atoms with E-state index in [0.717, 1.165) is 38.4 Å². The number of hydrogen-bond donors (Lipinski definition) is 2. The number of nitrogens with two attached hydrogens (primary N) is 1. The van der Waals surface area contributed by atoms with E-state index in [9.17, 15) is 0 Å². The van der Waals surface area contributed by atoms with Crippen LogP contribution in [-0.2, 0) is 4.74 Å². The molecule has 0 bridgehead atoms. The smallest absolute Gasteiger partial charge is 0.190 e. The van der Waals surface area contributed by atoms with Crippen molar-refractivity contribution in [3.63, 3.8) is 0 Å². The Morgan fingerprint density at radius 1 is 1.58 bits per heavy atom. The lowest BCUT2D eigenvalue weighted by Gasteiger charge is -2.33. The van der Waals surface area contributed by atoms with E-state index in [0.29, 0.717) is 5.69 Å². The van der Waals surface area contributed by atoms with Gasteiger partial charge in [0.1, 0.15) is 11.5 Å². The first kappa shape index (κ1) is 13.5. The highest BCUT2D eigenvalue weighted by Gasteiger charge is 2.21. The zero-order valence-electron chi connectivity index (χ0n) is 11.0. The molecule has 1 unspecified atom stereocenters. The molecular formula is C12H19N5O2. The van der Waals surface area contributed by atoms with E-state index in [1.807, 2.05) is 6.92 Å². The molecule has 7 heteroatoms. The Bertz CT molecular complexity index is 432. The van der Waals surface area contributed by atoms with Gasteiger partial charge in [-0.05, 0) is 19.8 Å². The Hall–Kier alpha value is -1.89. The number of hydrogen-bond acceptors (Lipinski definition) is 6. The average molecular weight is 265 g/mol. The highest BCUT2D eigenvalue weighted by molar-refractivity contribution is 5.94. The minimum absolute atomic E-state index is 0.0371. The molecule has 0 radical (unpaired) electrons. The highest BCUT2D eigenvalue weighted by Crippen LogP contribution is 2.18. The maximum atomic E-state index is 8.57. The lowest BCUT2D eigenvalue weighted by molar-refractivity contribution is 0.0525. The minimum Gasteiger partial charge on any atom is -0.409 e. The molecule has 0 saturated carbocycles. The Balaban J connectivity index is 2.05. The van der Waals surface area contributed by atoms with Crippen LogP contribution in [-0.4, -0.2) is 46.8 Å². The molecule has 1 aromatic heterocycles. The van der Waals surface area contributed by atoms with Gasteiger partial charge in [0.05, 0.1) is 18.5 Å². The van der Waals surface area contributed by atoms with Crippen LogP contribution >= 0.6 is 0 Å². The van der Waals surface area contributed by atoms with Crippen LogP contribution in [0.1, 0.15) is 25.5 Å². The van der Waals surface area contributed by atoms with Gasteiger partial charge >= 0.3 is 0 Å². The summed E-state index contributed by atoms with van der Waals surface area (Å²) >= 11 is 0. The largest absolute Gasteiger partial charge is 0.409 e. The topological polar surface area (TPSA) is 96.9 Å². The van der Waals surface area contributed by atoms with Crippen LogP contribution in [0, 0.1) is 0 Å². The number of nitrogens with zero attached hydrogens (tertiary/aromatic N) is 4. The normalized spacial score (nSPS) is 20.6. The van der Waals surface area contributed by atoms with Gasteiger partial charge in [0.25, 0.3) is 0 Å². The summed E-state index contributed by atoms with van der Waals surface area (Å²) < 4.78 is 5.65. The van der Waals surface area contributed by atoms with Crippen molar-refractivity contribution in [3.8, 4) is 0 Å². The second-order valence-corrected chi connectivity index (χ2v) is 4.41. The molecule has 0 aliphatic carbocycles. The van der Waals surface area contributed by atoms with Gasteiger partial charge in [0.2, 0.25) is 0 Å². The van der Waals surface area contributed by atoms with Crippen LogP contribution in [0.15, 0.2) is 17.5 Å². The summed E-state index contributed by atoms with van der Waals surface area (Å²) in [7, 11) is 0. The molecule has 3 N–H and O–H groups in total. The van der Waals surface area contributed by atoms with Gasteiger partial charge in [-0.25, -0.2) is 9.97 Å². The van der Waals surface area contributed by atoms with E-state index in [1.54, 1.807) is 6.20 Å². The van der Waals surface area contributed by atoms with E-state index in [1.165, 1.54) is 6.20 Å². The lowest BCUT2D eigenvalue weighted by Crippen LogP contribution is -2.40. The Morgan fingerprint density at radius 2 is 2.42 bits per heavy atom. The third-order valence-electron chi connectivity index (χ3n) is 3.11. The first-order chi connectivity index (χ1) is 9.24. The van der Waals surface area contributed by atoms with Crippen LogP contribution in [0.25, 0.3) is 0 Å². The molecule has 1 aromatic rings. The monoisotopic (exact) mass is 265 g/mol. The number of aromatic nitrogens is 2. The zero-order chi connectivity index (χ0) is 13.7. The fourth-order valence-corrected chi connectivity index (χ4v) is 2.19. The van der Waals surface area contributed by atoms with Gasteiger partial charge in [-0.1, -0.05) is 5.16 Å². The molecule has 1 saturated heterocycles. The fourth-order valence-electron chi connectivity index (χ4n) is 2.19. The summed E-state index contributed by atoms with van der Waals surface area (Å²) in [6.45, 7) is 4.50. The Labute approximate surface area is 112 Å². The van der Waals surface area contributed by atoms with Crippen LogP contribution in [0.2, 0.25) is 0 Å². The molecule has 1 fully saturated rings. The van der Waals surface area contributed by atoms with Crippen molar-refractivity contribution in [2.75, 3.05) is 24.6 Å². The third kappa shape index (κ3) is 3.31. The van der Waals surface area contributed by atoms with Crippen molar-refractivity contribution in [1.29, 1.82) is 0 Å². The van der Waals surface area contributed by atoms with E-state index < -0.39 is 0 Å². The van der Waals surface area contributed by atoms with Crippen LogP contribution in [0.5, 0.6) is 0 Å². The zero-order valence-corrected chi connectivity index (χ0v) is 11.0. The molecule has 0 spiro atoms.